The molecule has 2 atom stereocenters. The minimum absolute atomic E-state index is 0.192. The smallest absolute Gasteiger partial charge is 0.217 e. The lowest BCUT2D eigenvalue weighted by Gasteiger charge is -2.00. The topological polar surface area (TPSA) is 58.8 Å². The van der Waals surface area contributed by atoms with Gasteiger partial charge in [0.1, 0.15) is 6.10 Å². The van der Waals surface area contributed by atoms with Crippen LogP contribution >= 0.6 is 0 Å². The molecule has 1 heterocycles. The van der Waals surface area contributed by atoms with Gasteiger partial charge in [-0.2, -0.15) is 0 Å². The second-order valence-electron chi connectivity index (χ2n) is 2.29. The molecule has 3 N–H and O–H groups in total. The van der Waals surface area contributed by atoms with Gasteiger partial charge in [0.05, 0.1) is 0 Å². The fourth-order valence-corrected chi connectivity index (χ4v) is 0.903. The van der Waals surface area contributed by atoms with E-state index in [9.17, 15) is 0 Å². The predicted octanol–water partition coefficient (Wildman–Crippen LogP) is -0.514. The summed E-state index contributed by atoms with van der Waals surface area (Å²) in [5, 5.41) is 9.16. The van der Waals surface area contributed by atoms with Crippen molar-refractivity contribution in [3.05, 3.63) is 23.9 Å². The molecule has 1 aliphatic carbocycles. The maximum absolute atomic E-state index is 9.16. The van der Waals surface area contributed by atoms with Crippen molar-refractivity contribution in [2.75, 3.05) is 0 Å². The van der Waals surface area contributed by atoms with E-state index in [1.54, 1.807) is 18.2 Å². The highest BCUT2D eigenvalue weighted by Crippen LogP contribution is 2.38. The Hall–Kier alpha value is -0.800. The Labute approximate surface area is 52.4 Å². The van der Waals surface area contributed by atoms with Crippen LogP contribution in [0, 0.1) is 0 Å². The quantitative estimate of drug-likeness (QED) is 0.428. The highest BCUT2D eigenvalue weighted by Gasteiger charge is 2.53. The number of nitrogens with two attached hydrogens (primary N) is 1. The van der Waals surface area contributed by atoms with E-state index in [1.165, 1.54) is 0 Å². The summed E-state index contributed by atoms with van der Waals surface area (Å²) in [5.74, 6) is -1.01. The summed E-state index contributed by atoms with van der Waals surface area (Å²) >= 11 is 0. The van der Waals surface area contributed by atoms with Crippen molar-refractivity contribution < 1.29 is 9.84 Å². The highest BCUT2D eigenvalue weighted by molar-refractivity contribution is 5.32. The van der Waals surface area contributed by atoms with E-state index in [4.69, 9.17) is 15.6 Å². The van der Waals surface area contributed by atoms with E-state index in [0.717, 1.165) is 0 Å². The fraction of sp³-hybridized carbons (Fsp3) is 0.333. The van der Waals surface area contributed by atoms with Gasteiger partial charge in [-0.25, -0.2) is 0 Å². The summed E-state index contributed by atoms with van der Waals surface area (Å²) < 4.78 is 4.85. The molecule has 1 fully saturated rings. The van der Waals surface area contributed by atoms with Crippen LogP contribution in [0.3, 0.4) is 0 Å². The molecule has 0 bridgehead atoms. The van der Waals surface area contributed by atoms with Crippen LogP contribution in [0.15, 0.2) is 23.9 Å². The molecule has 48 valence electrons. The van der Waals surface area contributed by atoms with Crippen molar-refractivity contribution in [1.82, 2.24) is 0 Å². The van der Waals surface area contributed by atoms with E-state index in [-0.39, 0.29) is 6.10 Å². The average molecular weight is 125 g/mol. The van der Waals surface area contributed by atoms with Crippen molar-refractivity contribution in [1.29, 1.82) is 0 Å². The number of hydrogen-bond acceptors (Lipinski definition) is 3. The van der Waals surface area contributed by atoms with Crippen molar-refractivity contribution in [2.45, 2.75) is 11.9 Å². The van der Waals surface area contributed by atoms with Crippen LogP contribution in [0.2, 0.25) is 0 Å². The molecule has 0 spiro atoms. The molecule has 1 saturated heterocycles. The van der Waals surface area contributed by atoms with E-state index in [0.29, 0.717) is 5.70 Å². The van der Waals surface area contributed by atoms with E-state index in [1.807, 2.05) is 0 Å². The van der Waals surface area contributed by atoms with Gasteiger partial charge in [-0.05, 0) is 18.2 Å². The highest BCUT2D eigenvalue weighted by atomic mass is 16.7. The maximum atomic E-state index is 9.16. The zero-order valence-corrected chi connectivity index (χ0v) is 4.74. The lowest BCUT2D eigenvalue weighted by Crippen LogP contribution is -2.13. The van der Waals surface area contributed by atoms with Crippen LogP contribution in [0.4, 0.5) is 0 Å². The van der Waals surface area contributed by atoms with Crippen molar-refractivity contribution in [2.24, 2.45) is 5.73 Å². The summed E-state index contributed by atoms with van der Waals surface area (Å²) in [7, 11) is 0. The number of epoxide rings is 1. The molecular formula is C6H7NO2. The van der Waals surface area contributed by atoms with Crippen LogP contribution < -0.4 is 5.73 Å². The molecule has 3 nitrogen and oxygen atoms in total. The van der Waals surface area contributed by atoms with Crippen molar-refractivity contribution in [3.8, 4) is 0 Å². The van der Waals surface area contributed by atoms with Gasteiger partial charge in [-0.15, -0.1) is 0 Å². The van der Waals surface area contributed by atoms with Crippen molar-refractivity contribution in [3.63, 3.8) is 0 Å². The molecule has 0 aromatic rings. The predicted molar refractivity (Wildman–Crippen MR) is 31.2 cm³/mol. The third kappa shape index (κ3) is 0.588. The zero-order valence-electron chi connectivity index (χ0n) is 4.74. The molecule has 0 radical (unpaired) electrons. The number of hydrogen-bond donors (Lipinski definition) is 2. The van der Waals surface area contributed by atoms with Gasteiger partial charge in [0, 0.05) is 5.70 Å². The normalized spacial score (nSPS) is 45.9. The molecular weight excluding hydrogens is 118 g/mol. The van der Waals surface area contributed by atoms with Gasteiger partial charge in [-0.1, -0.05) is 0 Å². The Morgan fingerprint density at radius 3 is 3.11 bits per heavy atom. The Bertz CT molecular complexity index is 209. The standard InChI is InChI=1S/C6H7NO2/c7-4-1-2-6(8)5(3-4)9-6/h1-3,5,8H,7H2. The molecule has 0 saturated carbocycles. The SMILES string of the molecule is NC1=CC2OC2(O)C=C1. The van der Waals surface area contributed by atoms with Gasteiger partial charge in [0.2, 0.25) is 5.79 Å². The number of ether oxygens (including phenoxy) is 1. The Morgan fingerprint density at radius 2 is 2.56 bits per heavy atom. The van der Waals surface area contributed by atoms with Gasteiger partial charge < -0.3 is 15.6 Å². The van der Waals surface area contributed by atoms with Crippen LogP contribution in [0.25, 0.3) is 0 Å². The summed E-state index contributed by atoms with van der Waals surface area (Å²) in [6, 6.07) is 0. The molecule has 2 rings (SSSR count). The van der Waals surface area contributed by atoms with Crippen molar-refractivity contribution >= 4 is 0 Å². The average Bonchev–Trinajstić information content (AvgIpc) is 2.41. The van der Waals surface area contributed by atoms with Crippen LogP contribution in [-0.4, -0.2) is 17.0 Å². The van der Waals surface area contributed by atoms with Gasteiger partial charge in [0.15, 0.2) is 0 Å². The monoisotopic (exact) mass is 125 g/mol. The minimum Gasteiger partial charge on any atom is -0.399 e. The largest absolute Gasteiger partial charge is 0.399 e. The first-order valence-corrected chi connectivity index (χ1v) is 2.77. The Kier molecular flexibility index (Phi) is 0.668. The maximum Gasteiger partial charge on any atom is 0.217 e. The van der Waals surface area contributed by atoms with Gasteiger partial charge in [-0.3, -0.25) is 0 Å². The summed E-state index contributed by atoms with van der Waals surface area (Å²) in [5.41, 5.74) is 6.05. The van der Waals surface area contributed by atoms with Crippen LogP contribution in [0.5, 0.6) is 0 Å². The first-order chi connectivity index (χ1) is 4.21. The van der Waals surface area contributed by atoms with Crippen LogP contribution in [-0.2, 0) is 4.74 Å². The van der Waals surface area contributed by atoms with Gasteiger partial charge >= 0.3 is 0 Å². The summed E-state index contributed by atoms with van der Waals surface area (Å²) in [6.45, 7) is 0. The Balaban J connectivity index is 2.31. The lowest BCUT2D eigenvalue weighted by molar-refractivity contribution is 0.0825. The number of allylic oxidation sites excluding steroid dienone is 1. The molecule has 9 heavy (non-hydrogen) atoms. The molecule has 0 aromatic carbocycles. The number of rotatable bonds is 0. The molecule has 0 aromatic heterocycles. The zero-order chi connectivity index (χ0) is 6.48. The molecule has 0 amide bonds. The molecule has 3 heteroatoms. The first-order valence-electron chi connectivity index (χ1n) is 2.77. The second-order valence-corrected chi connectivity index (χ2v) is 2.29. The Morgan fingerprint density at radius 1 is 1.78 bits per heavy atom. The number of fused-ring (bicyclic) bond motifs is 1. The molecule has 1 aliphatic heterocycles. The summed E-state index contributed by atoms with van der Waals surface area (Å²) in [4.78, 5) is 0. The third-order valence-electron chi connectivity index (χ3n) is 1.52. The fourth-order valence-electron chi connectivity index (χ4n) is 0.903. The van der Waals surface area contributed by atoms with Gasteiger partial charge in [0.25, 0.3) is 0 Å². The van der Waals surface area contributed by atoms with E-state index >= 15 is 0 Å². The number of aliphatic hydroxyl groups is 1. The second kappa shape index (κ2) is 1.20. The minimum atomic E-state index is -1.01. The lowest BCUT2D eigenvalue weighted by atomic mass is 10.1. The van der Waals surface area contributed by atoms with E-state index in [2.05, 4.69) is 0 Å². The third-order valence-corrected chi connectivity index (χ3v) is 1.52. The summed E-state index contributed by atoms with van der Waals surface area (Å²) in [6.07, 6.45) is 4.71. The van der Waals surface area contributed by atoms with E-state index < -0.39 is 5.79 Å². The van der Waals surface area contributed by atoms with Crippen LogP contribution in [0.1, 0.15) is 0 Å². The first kappa shape index (κ1) is 5.02. The molecule has 2 aliphatic rings. The molecule has 2 unspecified atom stereocenters.